The van der Waals surface area contributed by atoms with Gasteiger partial charge in [0.15, 0.2) is 23.0 Å². The van der Waals surface area contributed by atoms with Crippen molar-refractivity contribution in [2.24, 2.45) is 0 Å². The van der Waals surface area contributed by atoms with E-state index in [4.69, 9.17) is 40.0 Å². The van der Waals surface area contributed by atoms with Crippen molar-refractivity contribution in [3.63, 3.8) is 0 Å². The Morgan fingerprint density at radius 1 is 0.580 bits per heavy atom. The van der Waals surface area contributed by atoms with E-state index >= 15 is 0 Å². The van der Waals surface area contributed by atoms with E-state index < -0.39 is 0 Å². The lowest BCUT2D eigenvalue weighted by Crippen LogP contribution is -2.03. The van der Waals surface area contributed by atoms with Gasteiger partial charge in [0.25, 0.3) is 0 Å². The summed E-state index contributed by atoms with van der Waals surface area (Å²) in [5.41, 5.74) is 2.54. The number of benzene rings is 3. The maximum atomic E-state index is 5.74. The second kappa shape index (κ2) is 18.0. The Kier molecular flexibility index (Phi) is 13.9. The molecule has 0 radical (unpaired) electrons. The number of anilines is 4. The van der Waals surface area contributed by atoms with Gasteiger partial charge in [0.2, 0.25) is 22.7 Å². The molecule has 3 aromatic heterocycles. The van der Waals surface area contributed by atoms with E-state index in [0.29, 0.717) is 52.1 Å². The summed E-state index contributed by atoms with van der Waals surface area (Å²) in [7, 11) is 9.41. The number of nitrogens with one attached hydrogen (secondary N) is 2. The highest BCUT2D eigenvalue weighted by Crippen LogP contribution is 2.41. The second-order valence-electron chi connectivity index (χ2n) is 9.78. The van der Waals surface area contributed by atoms with Crippen molar-refractivity contribution in [2.75, 3.05) is 53.3 Å². The van der Waals surface area contributed by atoms with E-state index in [0.717, 1.165) is 22.3 Å². The number of aromatic nitrogens is 5. The number of methoxy groups -OCH3 is 6. The third-order valence-electron chi connectivity index (χ3n) is 6.96. The monoisotopic (exact) mass is 703 g/mol. The minimum atomic E-state index is 0. The van der Waals surface area contributed by atoms with Crippen molar-refractivity contribution in [2.45, 2.75) is 14.9 Å². The molecule has 0 amide bonds. The fourth-order valence-corrected chi connectivity index (χ4v) is 4.95. The zero-order valence-electron chi connectivity index (χ0n) is 27.1. The van der Waals surface area contributed by atoms with Crippen LogP contribution in [0.15, 0.2) is 85.3 Å². The topological polar surface area (TPSA) is 136 Å². The number of rotatable bonds is 11. The molecule has 0 aliphatic carbocycles. The molecule has 0 saturated carbocycles. The van der Waals surface area contributed by atoms with Gasteiger partial charge in [-0.15, -0.1) is 0 Å². The molecule has 0 aliphatic rings. The van der Waals surface area contributed by atoms with Crippen LogP contribution in [0.4, 0.5) is 23.0 Å². The highest BCUT2D eigenvalue weighted by molar-refractivity contribution is 6.28. The molecule has 0 saturated heterocycles. The Morgan fingerprint density at radius 2 is 1.06 bits per heavy atom. The fourth-order valence-electron chi connectivity index (χ4n) is 4.80. The van der Waals surface area contributed by atoms with Gasteiger partial charge in [-0.05, 0) is 35.9 Å². The molecule has 0 spiro atoms. The Bertz CT molecular complexity index is 1960. The lowest BCUT2D eigenvalue weighted by Gasteiger charge is -2.15. The molecule has 2 N–H and O–H groups in total. The summed E-state index contributed by atoms with van der Waals surface area (Å²) in [6.07, 6.45) is 5.25. The predicted octanol–water partition coefficient (Wildman–Crippen LogP) is 8.36. The van der Waals surface area contributed by atoms with Gasteiger partial charge in [0.1, 0.15) is 11.6 Å². The minimum Gasteiger partial charge on any atom is -0.493 e. The molecule has 0 unspecified atom stereocenters. The fraction of sp³-hybridized carbons (Fsp3) is 0.222. The molecule has 0 aliphatic heterocycles. The number of hydrogen-bond acceptors (Lipinski definition) is 12. The maximum absolute atomic E-state index is 5.74. The Morgan fingerprint density at radius 3 is 1.54 bits per heavy atom. The maximum Gasteiger partial charge on any atom is 0.236 e. The van der Waals surface area contributed by atoms with Crippen LogP contribution in [-0.4, -0.2) is 67.2 Å². The quantitative estimate of drug-likeness (QED) is 0.126. The second-order valence-corrected chi connectivity index (χ2v) is 10.1. The van der Waals surface area contributed by atoms with Gasteiger partial charge < -0.3 is 39.1 Å². The van der Waals surface area contributed by atoms with Crippen LogP contribution in [0.1, 0.15) is 14.9 Å². The number of nitrogens with zero attached hydrogens (tertiary/aromatic N) is 5. The van der Waals surface area contributed by atoms with Crippen LogP contribution in [0.3, 0.4) is 0 Å². The Balaban J connectivity index is 0.000000274. The standard InChI is InChI=1S/C21H20N4O3.C13H14ClN3O3.2CH4/c1-26-17-12-15(13-18(27-2)20(17)28-3)23-19-8-10-22-21(24-19)25-11-9-14-6-4-5-7-16(14)25;1-18-9-6-8(7-10(19-2)12(9)20-3)16-11-4-5-15-13(14)17-11;;/h4-13H,1-3H3,(H,22,23,24);4-7H,1-3H3,(H,15,16,17);2*1H4. The molecule has 264 valence electrons. The van der Waals surface area contributed by atoms with Crippen LogP contribution in [0.2, 0.25) is 5.28 Å². The molecule has 6 aromatic rings. The number of ether oxygens (including phenoxy) is 6. The van der Waals surface area contributed by atoms with Crippen molar-refractivity contribution < 1.29 is 28.4 Å². The number of hydrogen-bond donors (Lipinski definition) is 2. The zero-order chi connectivity index (χ0) is 34.0. The lowest BCUT2D eigenvalue weighted by molar-refractivity contribution is 0.324. The van der Waals surface area contributed by atoms with Crippen LogP contribution < -0.4 is 39.1 Å². The van der Waals surface area contributed by atoms with Crippen LogP contribution in [0, 0.1) is 0 Å². The summed E-state index contributed by atoms with van der Waals surface area (Å²) in [4.78, 5) is 16.9. The summed E-state index contributed by atoms with van der Waals surface area (Å²) < 4.78 is 33.9. The van der Waals surface area contributed by atoms with Gasteiger partial charge >= 0.3 is 0 Å². The van der Waals surface area contributed by atoms with Gasteiger partial charge in [0.05, 0.1) is 48.2 Å². The third-order valence-corrected chi connectivity index (χ3v) is 7.14. The average molecular weight is 704 g/mol. The van der Waals surface area contributed by atoms with E-state index in [1.807, 2.05) is 47.2 Å². The molecular weight excluding hydrogens is 662 g/mol. The summed E-state index contributed by atoms with van der Waals surface area (Å²) in [5, 5.41) is 7.67. The van der Waals surface area contributed by atoms with E-state index in [2.05, 4.69) is 36.6 Å². The van der Waals surface area contributed by atoms with E-state index in [-0.39, 0.29) is 20.1 Å². The molecule has 0 fully saturated rings. The number of para-hydroxylation sites is 1. The molecule has 0 bridgehead atoms. The lowest BCUT2D eigenvalue weighted by atomic mass is 10.2. The predicted molar refractivity (Wildman–Crippen MR) is 198 cm³/mol. The van der Waals surface area contributed by atoms with E-state index in [1.54, 1.807) is 79.3 Å². The van der Waals surface area contributed by atoms with Gasteiger partial charge in [-0.3, -0.25) is 4.57 Å². The number of fused-ring (bicyclic) bond motifs is 1. The van der Waals surface area contributed by atoms with Crippen molar-refractivity contribution in [1.29, 1.82) is 0 Å². The minimum absolute atomic E-state index is 0. The molecule has 50 heavy (non-hydrogen) atoms. The first kappa shape index (κ1) is 38.5. The molecular formula is C36H42ClN7O6. The molecule has 13 nitrogen and oxygen atoms in total. The van der Waals surface area contributed by atoms with E-state index in [1.165, 1.54) is 0 Å². The summed E-state index contributed by atoms with van der Waals surface area (Å²) in [5.74, 6) is 5.10. The third kappa shape index (κ3) is 8.74. The smallest absolute Gasteiger partial charge is 0.236 e. The SMILES string of the molecule is C.C.COc1cc(Nc2ccnc(-n3ccc4ccccc43)n2)cc(OC)c1OC.COc1cc(Nc2ccnc(Cl)n2)cc(OC)c1OC. The first-order valence-electron chi connectivity index (χ1n) is 14.4. The average Bonchev–Trinajstić information content (AvgIpc) is 3.55. The van der Waals surface area contributed by atoms with Crippen molar-refractivity contribution >= 4 is 45.5 Å². The normalized spacial score (nSPS) is 9.98. The van der Waals surface area contributed by atoms with Crippen molar-refractivity contribution in [3.8, 4) is 40.4 Å². The first-order chi connectivity index (χ1) is 23.4. The summed E-state index contributed by atoms with van der Waals surface area (Å²) >= 11 is 5.74. The van der Waals surface area contributed by atoms with Crippen molar-refractivity contribution in [3.05, 3.63) is 90.6 Å². The highest BCUT2D eigenvalue weighted by atomic mass is 35.5. The van der Waals surface area contributed by atoms with E-state index in [9.17, 15) is 0 Å². The van der Waals surface area contributed by atoms with Gasteiger partial charge in [0, 0.05) is 59.6 Å². The number of halogens is 1. The largest absolute Gasteiger partial charge is 0.493 e. The summed E-state index contributed by atoms with van der Waals surface area (Å²) in [6.45, 7) is 0. The van der Waals surface area contributed by atoms with Gasteiger partial charge in [-0.2, -0.15) is 4.98 Å². The Labute approximate surface area is 297 Å². The van der Waals surface area contributed by atoms with Gasteiger partial charge in [-0.25, -0.2) is 15.0 Å². The first-order valence-corrected chi connectivity index (χ1v) is 14.8. The molecule has 14 heteroatoms. The Hall–Kier alpha value is -5.95. The van der Waals surface area contributed by atoms with Crippen LogP contribution >= 0.6 is 11.6 Å². The highest BCUT2D eigenvalue weighted by Gasteiger charge is 2.15. The van der Waals surface area contributed by atoms with Gasteiger partial charge in [-0.1, -0.05) is 33.1 Å². The van der Waals surface area contributed by atoms with Crippen LogP contribution in [0.5, 0.6) is 34.5 Å². The molecule has 3 aromatic carbocycles. The zero-order valence-corrected chi connectivity index (χ0v) is 27.9. The molecule has 3 heterocycles. The van der Waals surface area contributed by atoms with Crippen LogP contribution in [0.25, 0.3) is 16.9 Å². The molecule has 6 rings (SSSR count). The van der Waals surface area contributed by atoms with Crippen LogP contribution in [-0.2, 0) is 0 Å². The summed E-state index contributed by atoms with van der Waals surface area (Å²) in [6, 6.07) is 20.9. The molecule has 0 atom stereocenters. The van der Waals surface area contributed by atoms with Crippen molar-refractivity contribution in [1.82, 2.24) is 24.5 Å².